The predicted molar refractivity (Wildman–Crippen MR) is 78.8 cm³/mol. The fourth-order valence-electron chi connectivity index (χ4n) is 2.48. The average molecular weight is 305 g/mol. The maximum Gasteiger partial charge on any atom is 0.248 e. The van der Waals surface area contributed by atoms with E-state index in [9.17, 15) is 13.2 Å². The van der Waals surface area contributed by atoms with Crippen LogP contribution in [0, 0.1) is 11.8 Å². The van der Waals surface area contributed by atoms with Crippen LogP contribution in [0.25, 0.3) is 0 Å². The second kappa shape index (κ2) is 6.43. The molecule has 0 aromatic rings. The Morgan fingerprint density at radius 2 is 1.70 bits per heavy atom. The van der Waals surface area contributed by atoms with Gasteiger partial charge in [-0.15, -0.1) is 0 Å². The van der Waals surface area contributed by atoms with Gasteiger partial charge in [-0.05, 0) is 52.4 Å². The molecule has 0 radical (unpaired) electrons. The zero-order valence-electron chi connectivity index (χ0n) is 13.2. The van der Waals surface area contributed by atoms with Crippen molar-refractivity contribution in [3.63, 3.8) is 0 Å². The van der Waals surface area contributed by atoms with Gasteiger partial charge in [0.1, 0.15) is 0 Å². The van der Waals surface area contributed by atoms with E-state index in [1.807, 2.05) is 0 Å². The van der Waals surface area contributed by atoms with Gasteiger partial charge in [0, 0.05) is 13.0 Å². The molecule has 0 spiro atoms. The molecule has 0 atom stereocenters. The quantitative estimate of drug-likeness (QED) is 0.746. The van der Waals surface area contributed by atoms with Crippen molar-refractivity contribution in [1.82, 2.24) is 5.06 Å². The van der Waals surface area contributed by atoms with E-state index in [0.29, 0.717) is 0 Å². The Morgan fingerprint density at radius 3 is 2.10 bits per heavy atom. The zero-order valence-corrected chi connectivity index (χ0v) is 14.0. The van der Waals surface area contributed by atoms with Gasteiger partial charge in [-0.1, -0.05) is 0 Å². The number of hydrogen-bond donors (Lipinski definition) is 0. The molecule has 0 saturated heterocycles. The molecule has 0 bridgehead atoms. The standard InChI is InChI=1S/C14H27NO4S/c1-14(2,3)20(17,18)10-11-6-8-12(9-7-11)13(16)15(4)19-5/h11-12H,6-10H2,1-5H3. The summed E-state index contributed by atoms with van der Waals surface area (Å²) in [5.41, 5.74) is 0. The summed E-state index contributed by atoms with van der Waals surface area (Å²) >= 11 is 0. The normalized spacial score (nSPS) is 24.4. The van der Waals surface area contributed by atoms with Gasteiger partial charge in [-0.3, -0.25) is 9.63 Å². The van der Waals surface area contributed by atoms with Crippen molar-refractivity contribution in [2.24, 2.45) is 11.8 Å². The van der Waals surface area contributed by atoms with Crippen LogP contribution >= 0.6 is 0 Å². The number of nitrogens with zero attached hydrogens (tertiary/aromatic N) is 1. The molecular weight excluding hydrogens is 278 g/mol. The minimum atomic E-state index is -3.08. The lowest BCUT2D eigenvalue weighted by Gasteiger charge is -2.31. The highest BCUT2D eigenvalue weighted by molar-refractivity contribution is 7.92. The highest BCUT2D eigenvalue weighted by atomic mass is 32.2. The second-order valence-corrected chi connectivity index (χ2v) is 9.42. The van der Waals surface area contributed by atoms with Crippen molar-refractivity contribution < 1.29 is 18.0 Å². The molecule has 1 rings (SSSR count). The highest BCUT2D eigenvalue weighted by Gasteiger charge is 2.35. The summed E-state index contributed by atoms with van der Waals surface area (Å²) in [6, 6.07) is 0. The number of rotatable bonds is 4. The van der Waals surface area contributed by atoms with E-state index < -0.39 is 14.6 Å². The van der Waals surface area contributed by atoms with Crippen molar-refractivity contribution >= 4 is 15.7 Å². The van der Waals surface area contributed by atoms with Crippen molar-refractivity contribution in [1.29, 1.82) is 0 Å². The molecule has 1 aliphatic carbocycles. The van der Waals surface area contributed by atoms with Crippen LogP contribution in [0.15, 0.2) is 0 Å². The minimum Gasteiger partial charge on any atom is -0.275 e. The number of sulfone groups is 1. The first kappa shape index (κ1) is 17.4. The predicted octanol–water partition coefficient (Wildman–Crippen LogP) is 2.03. The van der Waals surface area contributed by atoms with E-state index >= 15 is 0 Å². The Balaban J connectivity index is 2.54. The third kappa shape index (κ3) is 4.19. The van der Waals surface area contributed by atoms with Crippen LogP contribution in [-0.4, -0.2) is 44.0 Å². The van der Waals surface area contributed by atoms with Crippen LogP contribution in [-0.2, 0) is 19.5 Å². The van der Waals surface area contributed by atoms with Crippen LogP contribution in [0.4, 0.5) is 0 Å². The zero-order chi connectivity index (χ0) is 15.6. The average Bonchev–Trinajstić information content (AvgIpc) is 2.36. The lowest BCUT2D eigenvalue weighted by atomic mass is 9.82. The molecule has 6 heteroatoms. The Morgan fingerprint density at radius 1 is 1.20 bits per heavy atom. The summed E-state index contributed by atoms with van der Waals surface area (Å²) in [6.07, 6.45) is 3.08. The smallest absolute Gasteiger partial charge is 0.248 e. The molecule has 1 amide bonds. The summed E-state index contributed by atoms with van der Waals surface area (Å²) in [5, 5.41) is 1.26. The number of carbonyl (C=O) groups excluding carboxylic acids is 1. The van der Waals surface area contributed by atoms with Crippen molar-refractivity contribution in [3.8, 4) is 0 Å². The summed E-state index contributed by atoms with van der Waals surface area (Å²) < 4.78 is 23.7. The first-order valence-electron chi connectivity index (χ1n) is 7.12. The van der Waals surface area contributed by atoms with Crippen LogP contribution in [0.3, 0.4) is 0 Å². The van der Waals surface area contributed by atoms with Crippen LogP contribution in [0.2, 0.25) is 0 Å². The molecule has 0 unspecified atom stereocenters. The van der Waals surface area contributed by atoms with Gasteiger partial charge in [0.25, 0.3) is 0 Å². The van der Waals surface area contributed by atoms with Crippen LogP contribution in [0.1, 0.15) is 46.5 Å². The second-order valence-electron chi connectivity index (χ2n) is 6.63. The molecule has 0 aromatic carbocycles. The maximum absolute atomic E-state index is 12.2. The number of hydrogen-bond acceptors (Lipinski definition) is 4. The van der Waals surface area contributed by atoms with E-state index in [1.54, 1.807) is 27.8 Å². The molecular formula is C14H27NO4S. The first-order valence-corrected chi connectivity index (χ1v) is 8.77. The molecule has 1 aliphatic rings. The molecule has 1 saturated carbocycles. The Bertz CT molecular complexity index is 431. The number of amides is 1. The Kier molecular flexibility index (Phi) is 5.61. The first-order chi connectivity index (χ1) is 9.08. The molecule has 0 aromatic heterocycles. The highest BCUT2D eigenvalue weighted by Crippen LogP contribution is 2.32. The summed E-state index contributed by atoms with van der Waals surface area (Å²) in [7, 11) is 0.00515. The van der Waals surface area contributed by atoms with Gasteiger partial charge < -0.3 is 0 Å². The minimum absolute atomic E-state index is 0.00960. The lowest BCUT2D eigenvalue weighted by Crippen LogP contribution is -2.37. The van der Waals surface area contributed by atoms with Crippen LogP contribution in [0.5, 0.6) is 0 Å². The summed E-state index contributed by atoms with van der Waals surface area (Å²) in [6.45, 7) is 5.22. The molecule has 1 fully saturated rings. The van der Waals surface area contributed by atoms with E-state index in [0.717, 1.165) is 25.7 Å². The molecule has 5 nitrogen and oxygen atoms in total. The van der Waals surface area contributed by atoms with Gasteiger partial charge in [0.15, 0.2) is 9.84 Å². The fourth-order valence-corrected chi connectivity index (χ4v) is 3.94. The van der Waals surface area contributed by atoms with E-state index in [4.69, 9.17) is 4.84 Å². The van der Waals surface area contributed by atoms with Gasteiger partial charge in [-0.25, -0.2) is 13.5 Å². The summed E-state index contributed by atoms with van der Waals surface area (Å²) in [4.78, 5) is 16.9. The van der Waals surface area contributed by atoms with Gasteiger partial charge in [-0.2, -0.15) is 0 Å². The SMILES string of the molecule is CON(C)C(=O)C1CCC(CS(=O)(=O)C(C)(C)C)CC1. The van der Waals surface area contributed by atoms with E-state index in [2.05, 4.69) is 0 Å². The fraction of sp³-hybridized carbons (Fsp3) is 0.929. The van der Waals surface area contributed by atoms with E-state index in [-0.39, 0.29) is 23.5 Å². The van der Waals surface area contributed by atoms with E-state index in [1.165, 1.54) is 12.2 Å². The maximum atomic E-state index is 12.2. The molecule has 0 heterocycles. The molecule has 0 N–H and O–H groups in total. The molecule has 118 valence electrons. The number of carbonyl (C=O) groups is 1. The van der Waals surface area contributed by atoms with Crippen molar-refractivity contribution in [3.05, 3.63) is 0 Å². The largest absolute Gasteiger partial charge is 0.275 e. The van der Waals surface area contributed by atoms with Crippen LogP contribution < -0.4 is 0 Å². The molecule has 0 aliphatic heterocycles. The van der Waals surface area contributed by atoms with Gasteiger partial charge >= 0.3 is 0 Å². The summed E-state index contributed by atoms with van der Waals surface area (Å²) in [5.74, 6) is 0.367. The Hall–Kier alpha value is -0.620. The third-order valence-electron chi connectivity index (χ3n) is 4.17. The molecule has 20 heavy (non-hydrogen) atoms. The topological polar surface area (TPSA) is 63.7 Å². The Labute approximate surface area is 122 Å². The van der Waals surface area contributed by atoms with Gasteiger partial charge in [0.2, 0.25) is 5.91 Å². The lowest BCUT2D eigenvalue weighted by molar-refractivity contribution is -0.174. The number of hydroxylamine groups is 2. The van der Waals surface area contributed by atoms with Crippen molar-refractivity contribution in [2.75, 3.05) is 19.9 Å². The monoisotopic (exact) mass is 305 g/mol. The van der Waals surface area contributed by atoms with Gasteiger partial charge in [0.05, 0.1) is 17.6 Å². The third-order valence-corrected chi connectivity index (χ3v) is 6.94. The van der Waals surface area contributed by atoms with Crippen molar-refractivity contribution in [2.45, 2.75) is 51.2 Å².